The Morgan fingerprint density at radius 3 is 2.80 bits per heavy atom. The van der Waals surface area contributed by atoms with Gasteiger partial charge in [-0.1, -0.05) is 24.3 Å². The molecule has 1 aliphatic rings. The van der Waals surface area contributed by atoms with Gasteiger partial charge in [0.1, 0.15) is 0 Å². The lowest BCUT2D eigenvalue weighted by molar-refractivity contribution is 0.495. The summed E-state index contributed by atoms with van der Waals surface area (Å²) in [6, 6.07) is 12.1. The molecule has 0 spiro atoms. The molecule has 0 aliphatic carbocycles. The number of thioether (sulfide) groups is 1. The summed E-state index contributed by atoms with van der Waals surface area (Å²) in [4.78, 5) is 2.85. The number of benzene rings is 1. The third-order valence-corrected chi connectivity index (χ3v) is 6.04. The van der Waals surface area contributed by atoms with Crippen molar-refractivity contribution in [2.24, 2.45) is 0 Å². The van der Waals surface area contributed by atoms with Crippen LogP contribution in [0.25, 0.3) is 0 Å². The molecule has 20 heavy (non-hydrogen) atoms. The van der Waals surface area contributed by atoms with Crippen molar-refractivity contribution in [2.75, 3.05) is 5.75 Å². The second kappa shape index (κ2) is 5.92. The van der Waals surface area contributed by atoms with Crippen LogP contribution in [0.3, 0.4) is 0 Å². The minimum absolute atomic E-state index is 0.414. The fraction of sp³-hybridized carbons (Fsp3) is 0.412. The zero-order chi connectivity index (χ0) is 14.1. The average Bonchev–Trinajstić information content (AvgIpc) is 2.78. The van der Waals surface area contributed by atoms with Crippen LogP contribution in [0.1, 0.15) is 45.5 Å². The summed E-state index contributed by atoms with van der Waals surface area (Å²) in [7, 11) is 0. The van der Waals surface area contributed by atoms with E-state index in [9.17, 15) is 0 Å². The van der Waals surface area contributed by atoms with Crippen molar-refractivity contribution in [3.05, 3.63) is 56.8 Å². The lowest BCUT2D eigenvalue weighted by Gasteiger charge is -2.29. The summed E-state index contributed by atoms with van der Waals surface area (Å²) in [5.41, 5.74) is 4.44. The molecule has 2 atom stereocenters. The van der Waals surface area contributed by atoms with Crippen LogP contribution in [0.2, 0.25) is 0 Å². The molecular formula is C17H21NS2. The van der Waals surface area contributed by atoms with Gasteiger partial charge in [0.2, 0.25) is 0 Å². The van der Waals surface area contributed by atoms with Crippen molar-refractivity contribution < 1.29 is 0 Å². The number of aryl methyl sites for hydroxylation is 2. The average molecular weight is 303 g/mol. The van der Waals surface area contributed by atoms with Crippen LogP contribution < -0.4 is 5.32 Å². The third-order valence-electron chi connectivity index (χ3n) is 3.97. The van der Waals surface area contributed by atoms with Crippen LogP contribution in [0.5, 0.6) is 0 Å². The standard InChI is InChI=1S/C17H21NS2/c1-11-8-16(13(3)20-11)12(2)18-17-10-19-9-14-6-4-5-7-15(14)17/h4-8,12,17-18H,9-10H2,1-3H3. The summed E-state index contributed by atoms with van der Waals surface area (Å²) in [5, 5.41) is 3.83. The monoisotopic (exact) mass is 303 g/mol. The summed E-state index contributed by atoms with van der Waals surface area (Å²) in [6.45, 7) is 6.71. The van der Waals surface area contributed by atoms with Crippen LogP contribution in [0, 0.1) is 13.8 Å². The molecule has 2 aromatic rings. The number of hydrogen-bond acceptors (Lipinski definition) is 3. The van der Waals surface area contributed by atoms with Crippen molar-refractivity contribution in [3.63, 3.8) is 0 Å². The molecule has 0 fully saturated rings. The van der Waals surface area contributed by atoms with Crippen molar-refractivity contribution in [1.29, 1.82) is 0 Å². The third kappa shape index (κ3) is 2.80. The van der Waals surface area contributed by atoms with Gasteiger partial charge in [0, 0.05) is 33.3 Å². The maximum absolute atomic E-state index is 3.83. The molecule has 3 heteroatoms. The van der Waals surface area contributed by atoms with E-state index in [-0.39, 0.29) is 0 Å². The van der Waals surface area contributed by atoms with E-state index in [2.05, 4.69) is 56.4 Å². The molecule has 3 rings (SSSR count). The normalized spacial score (nSPS) is 19.6. The lowest BCUT2D eigenvalue weighted by atomic mass is 10.00. The van der Waals surface area contributed by atoms with E-state index in [1.54, 1.807) is 0 Å². The van der Waals surface area contributed by atoms with E-state index >= 15 is 0 Å². The van der Waals surface area contributed by atoms with Gasteiger partial charge in [-0.25, -0.2) is 0 Å². The Bertz CT molecular complexity index is 603. The molecule has 0 amide bonds. The number of thiophene rings is 1. The zero-order valence-corrected chi connectivity index (χ0v) is 13.9. The Hall–Kier alpha value is -0.770. The predicted octanol–water partition coefficient (Wildman–Crippen LogP) is 5.00. The van der Waals surface area contributed by atoms with Gasteiger partial charge in [0.15, 0.2) is 0 Å². The van der Waals surface area contributed by atoms with Gasteiger partial charge >= 0.3 is 0 Å². The minimum atomic E-state index is 0.414. The van der Waals surface area contributed by atoms with Crippen LogP contribution in [0.4, 0.5) is 0 Å². The number of rotatable bonds is 3. The highest BCUT2D eigenvalue weighted by Crippen LogP contribution is 2.34. The van der Waals surface area contributed by atoms with Gasteiger partial charge < -0.3 is 5.32 Å². The molecule has 2 unspecified atom stereocenters. The van der Waals surface area contributed by atoms with Crippen LogP contribution in [-0.4, -0.2) is 5.75 Å². The van der Waals surface area contributed by atoms with Gasteiger partial charge in [-0.3, -0.25) is 0 Å². The summed E-state index contributed by atoms with van der Waals surface area (Å²) in [5.74, 6) is 2.32. The second-order valence-electron chi connectivity index (χ2n) is 5.52. The van der Waals surface area contributed by atoms with Crippen molar-refractivity contribution in [3.8, 4) is 0 Å². The highest BCUT2D eigenvalue weighted by molar-refractivity contribution is 7.98. The zero-order valence-electron chi connectivity index (χ0n) is 12.3. The van der Waals surface area contributed by atoms with Crippen LogP contribution in [0.15, 0.2) is 30.3 Å². The quantitative estimate of drug-likeness (QED) is 0.856. The molecular weight excluding hydrogens is 282 g/mol. The Morgan fingerprint density at radius 1 is 1.25 bits per heavy atom. The first kappa shape index (κ1) is 14.2. The van der Waals surface area contributed by atoms with Gasteiger partial charge in [-0.2, -0.15) is 11.8 Å². The molecule has 0 bridgehead atoms. The van der Waals surface area contributed by atoms with Crippen LogP contribution >= 0.6 is 23.1 Å². The SMILES string of the molecule is Cc1cc(C(C)NC2CSCc3ccccc32)c(C)s1. The molecule has 0 radical (unpaired) electrons. The lowest BCUT2D eigenvalue weighted by Crippen LogP contribution is -2.29. The first-order chi connectivity index (χ1) is 9.65. The van der Waals surface area contributed by atoms with E-state index in [0.717, 1.165) is 5.75 Å². The first-order valence-corrected chi connectivity index (χ1v) is 9.11. The number of hydrogen-bond donors (Lipinski definition) is 1. The first-order valence-electron chi connectivity index (χ1n) is 7.13. The van der Waals surface area contributed by atoms with Crippen LogP contribution in [-0.2, 0) is 5.75 Å². The predicted molar refractivity (Wildman–Crippen MR) is 90.7 cm³/mol. The number of nitrogens with one attached hydrogen (secondary N) is 1. The second-order valence-corrected chi connectivity index (χ2v) is 8.01. The van der Waals surface area contributed by atoms with E-state index in [4.69, 9.17) is 0 Å². The summed E-state index contributed by atoms with van der Waals surface area (Å²) < 4.78 is 0. The Morgan fingerprint density at radius 2 is 2.05 bits per heavy atom. The minimum Gasteiger partial charge on any atom is -0.303 e. The van der Waals surface area contributed by atoms with Crippen molar-refractivity contribution in [1.82, 2.24) is 5.32 Å². The molecule has 0 saturated heterocycles. The van der Waals surface area contributed by atoms with E-state index in [1.807, 2.05) is 23.1 Å². The maximum atomic E-state index is 3.83. The Kier molecular flexibility index (Phi) is 4.20. The highest BCUT2D eigenvalue weighted by Gasteiger charge is 2.22. The van der Waals surface area contributed by atoms with E-state index in [0.29, 0.717) is 12.1 Å². The molecule has 106 valence electrons. The van der Waals surface area contributed by atoms with Gasteiger partial charge in [0.05, 0.1) is 0 Å². The molecule has 1 aliphatic heterocycles. The van der Waals surface area contributed by atoms with Crippen molar-refractivity contribution in [2.45, 2.75) is 38.6 Å². The molecule has 0 saturated carbocycles. The van der Waals surface area contributed by atoms with Gasteiger partial charge in [0.25, 0.3) is 0 Å². The largest absolute Gasteiger partial charge is 0.303 e. The van der Waals surface area contributed by atoms with E-state index < -0.39 is 0 Å². The fourth-order valence-electron chi connectivity index (χ4n) is 2.99. The molecule has 1 aromatic heterocycles. The fourth-order valence-corrected chi connectivity index (χ4v) is 5.13. The smallest absolute Gasteiger partial charge is 0.0419 e. The van der Waals surface area contributed by atoms with Gasteiger partial charge in [-0.15, -0.1) is 11.3 Å². The van der Waals surface area contributed by atoms with E-state index in [1.165, 1.54) is 32.2 Å². The van der Waals surface area contributed by atoms with Crippen molar-refractivity contribution >= 4 is 23.1 Å². The van der Waals surface area contributed by atoms with Gasteiger partial charge in [-0.05, 0) is 43.5 Å². The highest BCUT2D eigenvalue weighted by atomic mass is 32.2. The molecule has 1 aromatic carbocycles. The molecule has 1 nitrogen and oxygen atoms in total. The number of fused-ring (bicyclic) bond motifs is 1. The Balaban J connectivity index is 1.80. The molecule has 2 heterocycles. The summed E-state index contributed by atoms with van der Waals surface area (Å²) >= 11 is 3.93. The summed E-state index contributed by atoms with van der Waals surface area (Å²) in [6.07, 6.45) is 0. The maximum Gasteiger partial charge on any atom is 0.0419 e. The molecule has 1 N–H and O–H groups in total. The topological polar surface area (TPSA) is 12.0 Å². The Labute approximate surface area is 129 Å².